The minimum absolute atomic E-state index is 0.0447. The molecule has 39 heavy (non-hydrogen) atoms. The maximum atomic E-state index is 15.3. The number of pyridine rings is 1. The zero-order chi connectivity index (χ0) is 26.9. The first-order chi connectivity index (χ1) is 18.8. The van der Waals surface area contributed by atoms with Crippen molar-refractivity contribution in [2.24, 2.45) is 0 Å². The second kappa shape index (κ2) is 8.94. The van der Waals surface area contributed by atoms with E-state index in [-0.39, 0.29) is 28.6 Å². The van der Waals surface area contributed by atoms with Crippen molar-refractivity contribution in [1.29, 1.82) is 0 Å². The van der Waals surface area contributed by atoms with Crippen LogP contribution in [0.25, 0.3) is 22.5 Å². The monoisotopic (exact) mass is 566 g/mol. The van der Waals surface area contributed by atoms with Gasteiger partial charge in [-0.3, -0.25) is 9.78 Å². The molecule has 1 aliphatic carbocycles. The zero-order valence-electron chi connectivity index (χ0n) is 20.4. The Bertz CT molecular complexity index is 1650. The van der Waals surface area contributed by atoms with E-state index >= 15 is 4.39 Å². The number of carbonyl (C=O) groups is 1. The second-order valence-electron chi connectivity index (χ2n) is 10.1. The maximum absolute atomic E-state index is 15.3. The van der Waals surface area contributed by atoms with Crippen LogP contribution in [0.3, 0.4) is 0 Å². The fourth-order valence-electron chi connectivity index (χ4n) is 5.68. The molecule has 1 saturated carbocycles. The summed E-state index contributed by atoms with van der Waals surface area (Å²) in [7, 11) is 0. The molecule has 4 aromatic rings. The molecule has 0 spiro atoms. The third-order valence-corrected chi connectivity index (χ3v) is 8.43. The Kier molecular flexibility index (Phi) is 5.58. The van der Waals surface area contributed by atoms with Crippen LogP contribution in [0, 0.1) is 5.82 Å². The SMILES string of the molecule is O=C1C=C(c2c(-n3cnnn3)ccc(Cl)c2F)CC2CCC(c3ncc(-c4ccnc(C5(O)CC5)c4Cl)[nH]3)N12. The topological polar surface area (TPSA) is 126 Å². The van der Waals surface area contributed by atoms with E-state index in [1.54, 1.807) is 29.4 Å². The number of tetrazole rings is 1. The fourth-order valence-corrected chi connectivity index (χ4v) is 6.23. The quantitative estimate of drug-likeness (QED) is 0.366. The number of H-pyrrole nitrogens is 1. The van der Waals surface area contributed by atoms with E-state index in [0.29, 0.717) is 64.7 Å². The molecular formula is C26H21Cl2FN8O2. The number of nitrogens with one attached hydrogen (secondary N) is 1. The number of nitrogens with zero attached hydrogens (tertiary/aromatic N) is 7. The van der Waals surface area contributed by atoms with Gasteiger partial charge >= 0.3 is 0 Å². The first-order valence-electron chi connectivity index (χ1n) is 12.5. The van der Waals surface area contributed by atoms with Crippen molar-refractivity contribution in [3.8, 4) is 16.9 Å². The Morgan fingerprint density at radius 1 is 1.15 bits per heavy atom. The van der Waals surface area contributed by atoms with Crippen LogP contribution in [-0.4, -0.2) is 57.1 Å². The number of hydrogen-bond donors (Lipinski definition) is 2. The molecule has 2 fully saturated rings. The molecule has 10 nitrogen and oxygen atoms in total. The Hall–Kier alpha value is -3.67. The molecule has 2 aliphatic heterocycles. The van der Waals surface area contributed by atoms with Crippen LogP contribution >= 0.6 is 23.2 Å². The first-order valence-corrected chi connectivity index (χ1v) is 13.3. The van der Waals surface area contributed by atoms with E-state index < -0.39 is 11.4 Å². The molecule has 0 radical (unpaired) electrons. The molecule has 3 aromatic heterocycles. The number of aliphatic hydroxyl groups is 1. The molecule has 2 atom stereocenters. The van der Waals surface area contributed by atoms with Crippen LogP contribution in [0.15, 0.2) is 43.0 Å². The van der Waals surface area contributed by atoms with Crippen molar-refractivity contribution in [3.63, 3.8) is 0 Å². The fraction of sp³-hybridized carbons (Fsp3) is 0.308. The zero-order valence-corrected chi connectivity index (χ0v) is 21.9. The summed E-state index contributed by atoms with van der Waals surface area (Å²) in [5.74, 6) is -0.212. The van der Waals surface area contributed by atoms with Crippen LogP contribution in [0.1, 0.15) is 55.2 Å². The lowest BCUT2D eigenvalue weighted by Crippen LogP contribution is -2.39. The van der Waals surface area contributed by atoms with Gasteiger partial charge in [-0.25, -0.2) is 9.37 Å². The van der Waals surface area contributed by atoms with Crippen molar-refractivity contribution in [2.45, 2.75) is 49.8 Å². The lowest BCUT2D eigenvalue weighted by molar-refractivity contribution is -0.129. The van der Waals surface area contributed by atoms with E-state index in [1.807, 2.05) is 0 Å². The van der Waals surface area contributed by atoms with Crippen LogP contribution in [0.5, 0.6) is 0 Å². The lowest BCUT2D eigenvalue weighted by Gasteiger charge is -2.33. The molecule has 7 rings (SSSR count). The molecule has 0 bridgehead atoms. The number of imidazole rings is 1. The van der Waals surface area contributed by atoms with Gasteiger partial charge < -0.3 is 15.0 Å². The van der Waals surface area contributed by atoms with Gasteiger partial charge in [0.25, 0.3) is 0 Å². The highest BCUT2D eigenvalue weighted by atomic mass is 35.5. The number of halogens is 3. The predicted octanol–water partition coefficient (Wildman–Crippen LogP) is 4.39. The number of aromatic amines is 1. The van der Waals surface area contributed by atoms with Crippen molar-refractivity contribution >= 4 is 34.7 Å². The predicted molar refractivity (Wildman–Crippen MR) is 139 cm³/mol. The van der Waals surface area contributed by atoms with Crippen molar-refractivity contribution in [3.05, 3.63) is 75.9 Å². The van der Waals surface area contributed by atoms with Gasteiger partial charge in [0, 0.05) is 29.4 Å². The minimum Gasteiger partial charge on any atom is -0.383 e. The van der Waals surface area contributed by atoms with Gasteiger partial charge in [-0.05, 0) is 66.3 Å². The van der Waals surface area contributed by atoms with E-state index in [4.69, 9.17) is 23.2 Å². The van der Waals surface area contributed by atoms with Gasteiger partial charge in [0.15, 0.2) is 5.82 Å². The van der Waals surface area contributed by atoms with Crippen LogP contribution in [-0.2, 0) is 10.4 Å². The summed E-state index contributed by atoms with van der Waals surface area (Å²) in [4.78, 5) is 27.5. The number of rotatable bonds is 5. The Morgan fingerprint density at radius 3 is 2.77 bits per heavy atom. The third-order valence-electron chi connectivity index (χ3n) is 7.75. The molecule has 1 aromatic carbocycles. The first kappa shape index (κ1) is 24.4. The van der Waals surface area contributed by atoms with Gasteiger partial charge in [-0.1, -0.05) is 23.2 Å². The normalized spacial score (nSPS) is 21.7. The van der Waals surface area contributed by atoms with Crippen molar-refractivity contribution in [1.82, 2.24) is 40.1 Å². The molecule has 1 saturated heterocycles. The van der Waals surface area contributed by atoms with Gasteiger partial charge in [0.2, 0.25) is 5.91 Å². The third kappa shape index (κ3) is 3.95. The average Bonchev–Trinajstić information content (AvgIpc) is 3.38. The van der Waals surface area contributed by atoms with E-state index in [9.17, 15) is 9.90 Å². The standard InChI is InChI=1S/C26H21Cl2FN8O2/c27-16-2-4-18(36-12-32-34-35-36)21(23(16)29)13-9-14-1-3-19(37(14)20(38)10-13)25-31-11-17(33-25)15-5-8-30-24(22(15)28)26(39)6-7-26/h2,4-5,8,10-12,14,19,39H,1,3,6-7,9H2,(H,31,33). The van der Waals surface area contributed by atoms with Crippen molar-refractivity contribution in [2.75, 3.05) is 0 Å². The highest BCUT2D eigenvalue weighted by Gasteiger charge is 2.46. The van der Waals surface area contributed by atoms with Gasteiger partial charge in [0.05, 0.1) is 39.4 Å². The number of amides is 1. The Labute approximate surface area is 231 Å². The summed E-state index contributed by atoms with van der Waals surface area (Å²) in [6.07, 6.45) is 9.25. The van der Waals surface area contributed by atoms with Crippen LogP contribution in [0.2, 0.25) is 10.0 Å². The molecule has 2 N–H and O–H groups in total. The molecule has 5 heterocycles. The van der Waals surface area contributed by atoms with Crippen LogP contribution in [0.4, 0.5) is 4.39 Å². The molecular weight excluding hydrogens is 546 g/mol. The highest BCUT2D eigenvalue weighted by molar-refractivity contribution is 6.34. The number of carbonyl (C=O) groups excluding carboxylic acids is 1. The summed E-state index contributed by atoms with van der Waals surface area (Å²) >= 11 is 12.7. The van der Waals surface area contributed by atoms with Crippen LogP contribution < -0.4 is 0 Å². The molecule has 2 unspecified atom stereocenters. The molecule has 3 aliphatic rings. The summed E-state index contributed by atoms with van der Waals surface area (Å²) in [5.41, 5.74) is 2.04. The summed E-state index contributed by atoms with van der Waals surface area (Å²) < 4.78 is 16.7. The van der Waals surface area contributed by atoms with E-state index in [0.717, 1.165) is 6.42 Å². The highest BCUT2D eigenvalue weighted by Crippen LogP contribution is 2.49. The number of hydrogen-bond acceptors (Lipinski definition) is 7. The smallest absolute Gasteiger partial charge is 0.247 e. The number of aromatic nitrogens is 7. The average molecular weight is 567 g/mol. The summed E-state index contributed by atoms with van der Waals surface area (Å²) in [6.45, 7) is 0. The summed E-state index contributed by atoms with van der Waals surface area (Å²) in [5, 5.41) is 22.1. The minimum atomic E-state index is -0.967. The maximum Gasteiger partial charge on any atom is 0.247 e. The largest absolute Gasteiger partial charge is 0.383 e. The summed E-state index contributed by atoms with van der Waals surface area (Å²) in [6, 6.07) is 4.43. The number of fused-ring (bicyclic) bond motifs is 1. The van der Waals surface area contributed by atoms with Gasteiger partial charge in [0.1, 0.15) is 17.8 Å². The molecule has 198 valence electrons. The molecule has 13 heteroatoms. The van der Waals surface area contributed by atoms with Gasteiger partial charge in [-0.2, -0.15) is 4.68 Å². The van der Waals surface area contributed by atoms with Gasteiger partial charge in [-0.15, -0.1) is 5.10 Å². The molecule has 1 amide bonds. The Balaban J connectivity index is 1.20. The van der Waals surface area contributed by atoms with E-state index in [2.05, 4.69) is 30.5 Å². The number of benzene rings is 1. The Morgan fingerprint density at radius 2 is 2.00 bits per heavy atom. The van der Waals surface area contributed by atoms with E-state index in [1.165, 1.54) is 23.2 Å². The lowest BCUT2D eigenvalue weighted by atomic mass is 9.92. The van der Waals surface area contributed by atoms with Crippen molar-refractivity contribution < 1.29 is 14.3 Å². The second-order valence-corrected chi connectivity index (χ2v) is 10.9.